The Bertz CT molecular complexity index is 246. The molecule has 1 amide bonds. The normalized spacial score (nSPS) is 21.2. The fourth-order valence-corrected chi connectivity index (χ4v) is 2.09. The largest absolute Gasteiger partial charge is 0.374 e. The minimum atomic E-state index is 0.110. The van der Waals surface area contributed by atoms with Gasteiger partial charge in [-0.3, -0.25) is 9.69 Å². The first-order chi connectivity index (χ1) is 8.63. The average molecular weight is 257 g/mol. The first kappa shape index (κ1) is 15.4. The first-order valence-corrected chi connectivity index (χ1v) is 6.96. The minimum absolute atomic E-state index is 0.110. The van der Waals surface area contributed by atoms with Gasteiger partial charge in [-0.1, -0.05) is 0 Å². The highest BCUT2D eigenvalue weighted by Crippen LogP contribution is 2.07. The van der Waals surface area contributed by atoms with E-state index in [0.29, 0.717) is 25.6 Å². The fraction of sp³-hybridized carbons (Fsp3) is 0.923. The number of carbonyl (C=O) groups excluding carboxylic acids is 1. The maximum Gasteiger partial charge on any atom is 0.221 e. The second kappa shape index (κ2) is 8.45. The third kappa shape index (κ3) is 5.80. The Labute approximate surface area is 110 Å². The van der Waals surface area contributed by atoms with Crippen molar-refractivity contribution in [3.63, 3.8) is 0 Å². The molecule has 5 nitrogen and oxygen atoms in total. The van der Waals surface area contributed by atoms with Crippen molar-refractivity contribution >= 4 is 5.91 Å². The van der Waals surface area contributed by atoms with Gasteiger partial charge in [-0.25, -0.2) is 0 Å². The Morgan fingerprint density at radius 2 is 2.28 bits per heavy atom. The first-order valence-electron chi connectivity index (χ1n) is 6.96. The van der Waals surface area contributed by atoms with Crippen LogP contribution in [-0.2, 0) is 9.53 Å². The van der Waals surface area contributed by atoms with Crippen LogP contribution < -0.4 is 10.6 Å². The van der Waals surface area contributed by atoms with Crippen LogP contribution in [0.3, 0.4) is 0 Å². The molecule has 0 aromatic carbocycles. The van der Waals surface area contributed by atoms with Gasteiger partial charge in [-0.05, 0) is 20.8 Å². The number of hydrogen-bond donors (Lipinski definition) is 2. The van der Waals surface area contributed by atoms with Gasteiger partial charge in [0.2, 0.25) is 5.91 Å². The summed E-state index contributed by atoms with van der Waals surface area (Å²) in [4.78, 5) is 13.7. The number of nitrogens with one attached hydrogen (secondary N) is 2. The Morgan fingerprint density at radius 1 is 1.50 bits per heavy atom. The second-order valence-corrected chi connectivity index (χ2v) is 4.99. The zero-order chi connectivity index (χ0) is 13.4. The lowest BCUT2D eigenvalue weighted by Crippen LogP contribution is -2.49. The van der Waals surface area contributed by atoms with E-state index in [1.165, 1.54) is 0 Å². The highest BCUT2D eigenvalue weighted by atomic mass is 16.5. The van der Waals surface area contributed by atoms with Crippen molar-refractivity contribution in [1.82, 2.24) is 15.5 Å². The summed E-state index contributed by atoms with van der Waals surface area (Å²) in [6.45, 7) is 11.4. The van der Waals surface area contributed by atoms with E-state index in [0.717, 1.165) is 26.2 Å². The maximum atomic E-state index is 11.2. The lowest BCUT2D eigenvalue weighted by Gasteiger charge is -2.35. The number of nitrogens with zero attached hydrogens (tertiary/aromatic N) is 1. The van der Waals surface area contributed by atoms with Crippen molar-refractivity contribution in [3.8, 4) is 0 Å². The summed E-state index contributed by atoms with van der Waals surface area (Å²) < 4.78 is 5.71. The third-order valence-electron chi connectivity index (χ3n) is 3.18. The molecule has 1 heterocycles. The molecule has 1 aliphatic rings. The van der Waals surface area contributed by atoms with Crippen LogP contribution in [0.2, 0.25) is 0 Å². The van der Waals surface area contributed by atoms with Crippen LogP contribution in [0.25, 0.3) is 0 Å². The number of carbonyl (C=O) groups is 1. The van der Waals surface area contributed by atoms with Gasteiger partial charge in [0.15, 0.2) is 0 Å². The molecule has 0 saturated carbocycles. The van der Waals surface area contributed by atoms with E-state index in [1.807, 2.05) is 6.92 Å². The van der Waals surface area contributed by atoms with Crippen LogP contribution in [0.4, 0.5) is 0 Å². The molecule has 5 heteroatoms. The number of rotatable bonds is 7. The molecule has 1 fully saturated rings. The Balaban J connectivity index is 2.10. The molecule has 0 bridgehead atoms. The summed E-state index contributed by atoms with van der Waals surface area (Å²) in [5.41, 5.74) is 0. The molecule has 0 aromatic rings. The van der Waals surface area contributed by atoms with Crippen molar-refractivity contribution in [3.05, 3.63) is 0 Å². The van der Waals surface area contributed by atoms with Gasteiger partial charge < -0.3 is 15.4 Å². The number of amides is 1. The topological polar surface area (TPSA) is 53.6 Å². The van der Waals surface area contributed by atoms with Crippen LogP contribution >= 0.6 is 0 Å². The molecule has 0 spiro atoms. The van der Waals surface area contributed by atoms with Crippen molar-refractivity contribution < 1.29 is 9.53 Å². The van der Waals surface area contributed by atoms with Gasteiger partial charge in [-0.2, -0.15) is 0 Å². The molecule has 1 rings (SSSR count). The molecular formula is C13H27N3O2. The van der Waals surface area contributed by atoms with E-state index >= 15 is 0 Å². The summed E-state index contributed by atoms with van der Waals surface area (Å²) in [5.74, 6) is 0.110. The summed E-state index contributed by atoms with van der Waals surface area (Å²) in [6.07, 6.45) is 0.782. The van der Waals surface area contributed by atoms with E-state index < -0.39 is 0 Å². The number of hydrogen-bond acceptors (Lipinski definition) is 4. The van der Waals surface area contributed by atoms with Crippen molar-refractivity contribution in [1.29, 1.82) is 0 Å². The van der Waals surface area contributed by atoms with E-state index in [9.17, 15) is 4.79 Å². The summed E-state index contributed by atoms with van der Waals surface area (Å²) >= 11 is 0. The van der Waals surface area contributed by atoms with E-state index in [1.54, 1.807) is 0 Å². The van der Waals surface area contributed by atoms with Crippen LogP contribution in [0, 0.1) is 0 Å². The van der Waals surface area contributed by atoms with Crippen LogP contribution in [-0.4, -0.2) is 62.3 Å². The standard InChI is InChI=1S/C13H27N3O2/c1-4-15-13(17)5-6-14-9-12-10-16(11(2)3)7-8-18-12/h11-12,14H,4-10H2,1-3H3,(H,15,17). The second-order valence-electron chi connectivity index (χ2n) is 4.99. The minimum Gasteiger partial charge on any atom is -0.374 e. The zero-order valence-electron chi connectivity index (χ0n) is 11.9. The highest BCUT2D eigenvalue weighted by molar-refractivity contribution is 5.75. The molecule has 0 radical (unpaired) electrons. The molecular weight excluding hydrogens is 230 g/mol. The quantitative estimate of drug-likeness (QED) is 0.640. The van der Waals surface area contributed by atoms with Gasteiger partial charge >= 0.3 is 0 Å². The molecule has 106 valence electrons. The van der Waals surface area contributed by atoms with Crippen LogP contribution in [0.5, 0.6) is 0 Å². The fourth-order valence-electron chi connectivity index (χ4n) is 2.09. The molecule has 0 aliphatic carbocycles. The smallest absolute Gasteiger partial charge is 0.221 e. The highest BCUT2D eigenvalue weighted by Gasteiger charge is 2.21. The van der Waals surface area contributed by atoms with E-state index in [4.69, 9.17) is 4.74 Å². The third-order valence-corrected chi connectivity index (χ3v) is 3.18. The Hall–Kier alpha value is -0.650. The van der Waals surface area contributed by atoms with Crippen LogP contribution in [0.1, 0.15) is 27.2 Å². The molecule has 1 aliphatic heterocycles. The van der Waals surface area contributed by atoms with Gasteiger partial charge in [0.25, 0.3) is 0 Å². The summed E-state index contributed by atoms with van der Waals surface area (Å²) in [5, 5.41) is 6.08. The Morgan fingerprint density at radius 3 is 2.94 bits per heavy atom. The SMILES string of the molecule is CCNC(=O)CCNCC1CN(C(C)C)CCO1. The van der Waals surface area contributed by atoms with Gasteiger partial charge in [0.1, 0.15) is 0 Å². The molecule has 1 atom stereocenters. The molecule has 0 aromatic heterocycles. The average Bonchev–Trinajstić information content (AvgIpc) is 2.35. The predicted octanol–water partition coefficient (Wildman–Crippen LogP) is 0.211. The zero-order valence-corrected chi connectivity index (χ0v) is 11.9. The summed E-state index contributed by atoms with van der Waals surface area (Å²) in [6, 6.07) is 0.576. The Kier molecular flexibility index (Phi) is 7.23. The van der Waals surface area contributed by atoms with Crippen molar-refractivity contribution in [2.75, 3.05) is 39.3 Å². The van der Waals surface area contributed by atoms with Crippen molar-refractivity contribution in [2.45, 2.75) is 39.3 Å². The monoisotopic (exact) mass is 257 g/mol. The summed E-state index contributed by atoms with van der Waals surface area (Å²) in [7, 11) is 0. The van der Waals surface area contributed by atoms with E-state index in [-0.39, 0.29) is 12.0 Å². The number of ether oxygens (including phenoxy) is 1. The molecule has 1 unspecified atom stereocenters. The van der Waals surface area contributed by atoms with E-state index in [2.05, 4.69) is 29.4 Å². The van der Waals surface area contributed by atoms with Gasteiger partial charge in [-0.15, -0.1) is 0 Å². The lowest BCUT2D eigenvalue weighted by atomic mass is 10.2. The van der Waals surface area contributed by atoms with Crippen molar-refractivity contribution in [2.24, 2.45) is 0 Å². The van der Waals surface area contributed by atoms with Crippen LogP contribution in [0.15, 0.2) is 0 Å². The lowest BCUT2D eigenvalue weighted by molar-refractivity contribution is -0.120. The molecule has 1 saturated heterocycles. The number of morpholine rings is 1. The van der Waals surface area contributed by atoms with Gasteiger partial charge in [0.05, 0.1) is 12.7 Å². The van der Waals surface area contributed by atoms with Gasteiger partial charge in [0, 0.05) is 45.2 Å². The molecule has 2 N–H and O–H groups in total. The maximum absolute atomic E-state index is 11.2. The predicted molar refractivity (Wildman–Crippen MR) is 72.6 cm³/mol. The molecule has 18 heavy (non-hydrogen) atoms.